The van der Waals surface area contributed by atoms with Crippen molar-refractivity contribution in [1.29, 1.82) is 0 Å². The quantitative estimate of drug-likeness (QED) is 0.902. The Morgan fingerprint density at radius 3 is 3.00 bits per heavy atom. The van der Waals surface area contributed by atoms with Crippen molar-refractivity contribution >= 4 is 17.0 Å². The molecule has 0 fully saturated rings. The van der Waals surface area contributed by atoms with E-state index in [1.54, 1.807) is 11.3 Å². The van der Waals surface area contributed by atoms with E-state index in [4.69, 9.17) is 0 Å². The second-order valence-corrected chi connectivity index (χ2v) is 5.72. The van der Waals surface area contributed by atoms with Gasteiger partial charge in [-0.25, -0.2) is 4.98 Å². The number of thiazole rings is 1. The lowest BCUT2D eigenvalue weighted by Gasteiger charge is -2.07. The van der Waals surface area contributed by atoms with Gasteiger partial charge in [0.25, 0.3) is 0 Å². The Morgan fingerprint density at radius 1 is 1.28 bits per heavy atom. The molecule has 3 rings (SSSR count). The summed E-state index contributed by atoms with van der Waals surface area (Å²) in [5.74, 6) is 0. The van der Waals surface area contributed by atoms with Crippen LogP contribution < -0.4 is 5.32 Å². The molecule has 2 aromatic rings. The molecule has 0 spiro atoms. The molecule has 2 nitrogen and oxygen atoms in total. The van der Waals surface area contributed by atoms with Crippen molar-refractivity contribution in [2.75, 3.05) is 5.32 Å². The van der Waals surface area contributed by atoms with Gasteiger partial charge in [0.1, 0.15) is 0 Å². The second kappa shape index (κ2) is 5.11. The standard InChI is InChI=1S/C15H18N2S/c1-2-15-17-14(10-18-15)9-16-13-7-6-11-4-3-5-12(11)8-13/h6-8,10,16H,2-5,9H2,1H3. The Bertz CT molecular complexity index is 545. The van der Waals surface area contributed by atoms with Gasteiger partial charge in [-0.3, -0.25) is 0 Å². The van der Waals surface area contributed by atoms with Crippen LogP contribution in [0.3, 0.4) is 0 Å². The molecule has 18 heavy (non-hydrogen) atoms. The molecule has 0 saturated heterocycles. The van der Waals surface area contributed by atoms with E-state index < -0.39 is 0 Å². The maximum atomic E-state index is 4.57. The lowest BCUT2D eigenvalue weighted by Crippen LogP contribution is -2.00. The lowest BCUT2D eigenvalue weighted by atomic mass is 10.1. The zero-order valence-electron chi connectivity index (χ0n) is 10.7. The number of aromatic nitrogens is 1. The molecule has 1 aliphatic carbocycles. The Labute approximate surface area is 112 Å². The zero-order chi connectivity index (χ0) is 12.4. The van der Waals surface area contributed by atoms with Crippen LogP contribution in [0.2, 0.25) is 0 Å². The van der Waals surface area contributed by atoms with Gasteiger partial charge in [0.2, 0.25) is 0 Å². The largest absolute Gasteiger partial charge is 0.379 e. The number of nitrogens with zero attached hydrogens (tertiary/aromatic N) is 1. The van der Waals surface area contributed by atoms with Crippen LogP contribution in [0.15, 0.2) is 23.6 Å². The van der Waals surface area contributed by atoms with Crippen LogP contribution in [0.5, 0.6) is 0 Å². The van der Waals surface area contributed by atoms with Crippen LogP contribution in [-0.2, 0) is 25.8 Å². The molecule has 1 aromatic heterocycles. The van der Waals surface area contributed by atoms with Gasteiger partial charge in [0.15, 0.2) is 0 Å². The number of aryl methyl sites for hydroxylation is 3. The Hall–Kier alpha value is -1.35. The molecule has 0 atom stereocenters. The number of nitrogens with one attached hydrogen (secondary N) is 1. The molecule has 1 aliphatic rings. The van der Waals surface area contributed by atoms with Crippen LogP contribution in [-0.4, -0.2) is 4.98 Å². The number of rotatable bonds is 4. The second-order valence-electron chi connectivity index (χ2n) is 4.78. The van der Waals surface area contributed by atoms with Crippen molar-refractivity contribution in [3.05, 3.63) is 45.4 Å². The summed E-state index contributed by atoms with van der Waals surface area (Å²) in [6.07, 6.45) is 4.83. The number of fused-ring (bicyclic) bond motifs is 1. The van der Waals surface area contributed by atoms with Crippen molar-refractivity contribution in [1.82, 2.24) is 4.98 Å². The molecule has 0 saturated carbocycles. The van der Waals surface area contributed by atoms with Crippen LogP contribution in [0.1, 0.15) is 35.2 Å². The minimum absolute atomic E-state index is 0.829. The first-order valence-electron chi connectivity index (χ1n) is 6.64. The van der Waals surface area contributed by atoms with E-state index in [-0.39, 0.29) is 0 Å². The summed E-state index contributed by atoms with van der Waals surface area (Å²) in [6.45, 7) is 2.98. The van der Waals surface area contributed by atoms with Crippen LogP contribution in [0.25, 0.3) is 0 Å². The first-order chi connectivity index (χ1) is 8.85. The smallest absolute Gasteiger partial charge is 0.0926 e. The van der Waals surface area contributed by atoms with Gasteiger partial charge in [0.05, 0.1) is 17.2 Å². The molecule has 94 valence electrons. The van der Waals surface area contributed by atoms with Crippen molar-refractivity contribution in [3.63, 3.8) is 0 Å². The lowest BCUT2D eigenvalue weighted by molar-refractivity contribution is 0.911. The summed E-state index contributed by atoms with van der Waals surface area (Å²) in [5.41, 5.74) is 5.43. The van der Waals surface area contributed by atoms with Gasteiger partial charge in [0, 0.05) is 11.1 Å². The minimum Gasteiger partial charge on any atom is -0.379 e. The average molecular weight is 258 g/mol. The number of hydrogen-bond donors (Lipinski definition) is 1. The summed E-state index contributed by atoms with van der Waals surface area (Å²) >= 11 is 1.75. The molecule has 1 heterocycles. The SMILES string of the molecule is CCc1nc(CNc2ccc3c(c2)CCC3)cs1. The molecule has 0 radical (unpaired) electrons. The first kappa shape index (κ1) is 11.7. The normalized spacial score (nSPS) is 13.6. The maximum absolute atomic E-state index is 4.57. The van der Waals surface area contributed by atoms with E-state index in [1.165, 1.54) is 41.1 Å². The van der Waals surface area contributed by atoms with Crippen molar-refractivity contribution in [2.45, 2.75) is 39.2 Å². The first-order valence-corrected chi connectivity index (χ1v) is 7.52. The van der Waals surface area contributed by atoms with Gasteiger partial charge in [-0.1, -0.05) is 13.0 Å². The molecule has 0 aliphatic heterocycles. The van der Waals surface area contributed by atoms with Gasteiger partial charge in [-0.2, -0.15) is 0 Å². The minimum atomic E-state index is 0.829. The Morgan fingerprint density at radius 2 is 2.17 bits per heavy atom. The van der Waals surface area contributed by atoms with E-state index >= 15 is 0 Å². The summed E-state index contributed by atoms with van der Waals surface area (Å²) in [4.78, 5) is 4.57. The fourth-order valence-electron chi connectivity index (χ4n) is 2.47. The summed E-state index contributed by atoms with van der Waals surface area (Å²) in [7, 11) is 0. The van der Waals surface area contributed by atoms with E-state index in [9.17, 15) is 0 Å². The predicted octanol–water partition coefficient (Wildman–Crippen LogP) is 3.81. The van der Waals surface area contributed by atoms with E-state index in [1.807, 2.05) is 0 Å². The average Bonchev–Trinajstić information content (AvgIpc) is 3.04. The molecule has 1 aromatic carbocycles. The van der Waals surface area contributed by atoms with E-state index in [0.717, 1.165) is 18.7 Å². The summed E-state index contributed by atoms with van der Waals surface area (Å²) in [6, 6.07) is 6.76. The molecular weight excluding hydrogens is 240 g/mol. The zero-order valence-corrected chi connectivity index (χ0v) is 11.5. The number of anilines is 1. The highest BCUT2D eigenvalue weighted by Crippen LogP contribution is 2.25. The van der Waals surface area contributed by atoms with E-state index in [2.05, 4.69) is 40.8 Å². The van der Waals surface area contributed by atoms with Gasteiger partial charge < -0.3 is 5.32 Å². The topological polar surface area (TPSA) is 24.9 Å². The highest BCUT2D eigenvalue weighted by Gasteiger charge is 2.10. The summed E-state index contributed by atoms with van der Waals surface area (Å²) < 4.78 is 0. The van der Waals surface area contributed by atoms with Crippen LogP contribution >= 0.6 is 11.3 Å². The van der Waals surface area contributed by atoms with Crippen LogP contribution in [0.4, 0.5) is 5.69 Å². The van der Waals surface area contributed by atoms with Crippen molar-refractivity contribution < 1.29 is 0 Å². The van der Waals surface area contributed by atoms with Crippen LogP contribution in [0, 0.1) is 0 Å². The third kappa shape index (κ3) is 2.41. The van der Waals surface area contributed by atoms with Crippen molar-refractivity contribution in [3.8, 4) is 0 Å². The molecule has 0 amide bonds. The Kier molecular flexibility index (Phi) is 3.33. The fourth-order valence-corrected chi connectivity index (χ4v) is 3.21. The van der Waals surface area contributed by atoms with Crippen molar-refractivity contribution in [2.24, 2.45) is 0 Å². The highest BCUT2D eigenvalue weighted by molar-refractivity contribution is 7.09. The van der Waals surface area contributed by atoms with Gasteiger partial charge in [-0.15, -0.1) is 11.3 Å². The molecule has 0 bridgehead atoms. The third-order valence-corrected chi connectivity index (χ3v) is 4.52. The fraction of sp³-hybridized carbons (Fsp3) is 0.400. The van der Waals surface area contributed by atoms with Gasteiger partial charge >= 0.3 is 0 Å². The summed E-state index contributed by atoms with van der Waals surface area (Å²) in [5, 5.41) is 6.85. The molecular formula is C15H18N2S. The monoisotopic (exact) mass is 258 g/mol. The molecule has 3 heteroatoms. The maximum Gasteiger partial charge on any atom is 0.0926 e. The predicted molar refractivity (Wildman–Crippen MR) is 77.3 cm³/mol. The Balaban J connectivity index is 1.66. The molecule has 1 N–H and O–H groups in total. The third-order valence-electron chi connectivity index (χ3n) is 3.47. The number of hydrogen-bond acceptors (Lipinski definition) is 3. The van der Waals surface area contributed by atoms with Gasteiger partial charge in [-0.05, 0) is 48.9 Å². The highest BCUT2D eigenvalue weighted by atomic mass is 32.1. The van der Waals surface area contributed by atoms with E-state index in [0.29, 0.717) is 0 Å². The molecule has 0 unspecified atom stereocenters. The number of benzene rings is 1.